The van der Waals surface area contributed by atoms with Crippen LogP contribution >= 0.6 is 0 Å². The third kappa shape index (κ3) is 10.4. The van der Waals surface area contributed by atoms with E-state index in [1.165, 1.54) is 45.9 Å². The van der Waals surface area contributed by atoms with Gasteiger partial charge in [-0.2, -0.15) is 0 Å². The van der Waals surface area contributed by atoms with Crippen LogP contribution in [0.3, 0.4) is 0 Å². The molecule has 0 N–H and O–H groups in total. The summed E-state index contributed by atoms with van der Waals surface area (Å²) in [6.07, 6.45) is 10.7. The van der Waals surface area contributed by atoms with Crippen LogP contribution in [0.5, 0.6) is 0 Å². The second-order valence-electron chi connectivity index (χ2n) is 12.9. The van der Waals surface area contributed by atoms with Crippen molar-refractivity contribution in [2.24, 2.45) is 0 Å². The summed E-state index contributed by atoms with van der Waals surface area (Å²) in [6, 6.07) is 42.1. The van der Waals surface area contributed by atoms with Gasteiger partial charge in [0.2, 0.25) is 0 Å². The maximum atomic E-state index is 6.20. The van der Waals surface area contributed by atoms with Gasteiger partial charge in [0, 0.05) is 49.4 Å². The summed E-state index contributed by atoms with van der Waals surface area (Å²) in [4.78, 5) is 0. The zero-order valence-corrected chi connectivity index (χ0v) is 30.1. The van der Waals surface area contributed by atoms with Crippen molar-refractivity contribution in [1.82, 2.24) is 0 Å². The molecule has 2 nitrogen and oxygen atoms in total. The largest absolute Gasteiger partial charge is 2.00 e. The maximum absolute atomic E-state index is 6.20. The van der Waals surface area contributed by atoms with Crippen LogP contribution in [0.2, 0.25) is 39.3 Å². The molecule has 2 saturated carbocycles. The number of hydrogen-bond donors (Lipinski definition) is 0. The van der Waals surface area contributed by atoms with Gasteiger partial charge in [-0.3, -0.25) is 0 Å². The predicted octanol–water partition coefficient (Wildman–Crippen LogP) is 10.1. The van der Waals surface area contributed by atoms with Crippen LogP contribution in [0.15, 0.2) is 121 Å². The molecule has 2 aliphatic rings. The van der Waals surface area contributed by atoms with Gasteiger partial charge < -0.3 is 8.85 Å². The Morgan fingerprint density at radius 1 is 0.333 bits per heavy atom. The van der Waals surface area contributed by atoms with Crippen LogP contribution < -0.4 is 0 Å². The molecule has 0 unspecified atom stereocenters. The first-order valence-electron chi connectivity index (χ1n) is 15.3. The summed E-state index contributed by atoms with van der Waals surface area (Å²) in [5.41, 5.74) is 4.91. The number of rotatable bonds is 8. The van der Waals surface area contributed by atoms with Gasteiger partial charge >= 0.3 is 17.1 Å². The summed E-state index contributed by atoms with van der Waals surface area (Å²) in [6.45, 7) is 13.3. The molecule has 2 fully saturated rings. The second-order valence-corrected chi connectivity index (χ2v) is 21.8. The van der Waals surface area contributed by atoms with Gasteiger partial charge in [0.25, 0.3) is 0 Å². The molecular formula is C40H42FeO2Si2+2. The van der Waals surface area contributed by atoms with E-state index in [1.54, 1.807) is 0 Å². The van der Waals surface area contributed by atoms with Gasteiger partial charge in [0.1, 0.15) is 0 Å². The summed E-state index contributed by atoms with van der Waals surface area (Å²) in [5.74, 6) is 4.94. The second kappa shape index (κ2) is 16.0. The van der Waals surface area contributed by atoms with Crippen LogP contribution in [-0.4, -0.2) is 16.6 Å². The Hall–Kier alpha value is -2.25. The Balaban J connectivity index is 0.000000200. The van der Waals surface area contributed by atoms with E-state index in [0.717, 1.165) is 12.2 Å². The summed E-state index contributed by atoms with van der Waals surface area (Å²) >= 11 is 0. The van der Waals surface area contributed by atoms with Gasteiger partial charge in [0.15, 0.2) is 16.6 Å². The molecule has 2 aliphatic carbocycles. The molecule has 0 aromatic heterocycles. The van der Waals surface area contributed by atoms with E-state index in [1.807, 2.05) is 24.3 Å². The Morgan fingerprint density at radius 3 is 0.711 bits per heavy atom. The van der Waals surface area contributed by atoms with E-state index in [4.69, 9.17) is 8.85 Å². The maximum Gasteiger partial charge on any atom is 2.00 e. The molecule has 45 heavy (non-hydrogen) atoms. The van der Waals surface area contributed by atoms with Gasteiger partial charge in [-0.15, -0.1) is 0 Å². The predicted molar refractivity (Wildman–Crippen MR) is 188 cm³/mol. The van der Waals surface area contributed by atoms with Crippen LogP contribution in [-0.2, 0) is 25.9 Å². The number of hydrogen-bond acceptors (Lipinski definition) is 2. The van der Waals surface area contributed by atoms with Crippen molar-refractivity contribution in [1.29, 1.82) is 0 Å². The summed E-state index contributed by atoms with van der Waals surface area (Å²) in [5, 5.41) is 0. The Morgan fingerprint density at radius 2 is 0.533 bits per heavy atom. The van der Waals surface area contributed by atoms with Crippen molar-refractivity contribution in [3.63, 3.8) is 0 Å². The Bertz CT molecular complexity index is 1200. The van der Waals surface area contributed by atoms with E-state index < -0.39 is 16.6 Å². The molecule has 0 saturated heterocycles. The minimum atomic E-state index is -1.61. The summed E-state index contributed by atoms with van der Waals surface area (Å²) < 4.78 is 12.4. The van der Waals surface area contributed by atoms with E-state index in [-0.39, 0.29) is 17.1 Å². The SMILES string of the molecule is C[Si](C)(C)O[C]1[CH][C](c2ccccc2)[C](c2ccccc2)[CH]1.C[Si](C)(C)O[C]1[CH][C](c2ccccc2)[C](c2ccccc2)[CH]1.[Fe+2]. The standard InChI is InChI=1S/2C20H21OSi.Fe/c2*1-22(2,3)21-18-14-19(16-10-6-4-7-11-16)20(15-18)17-12-8-5-9-13-17;/h2*4-15H,1-3H3;/q;;+2. The molecule has 0 heterocycles. The molecule has 0 amide bonds. The van der Waals surface area contributed by atoms with Crippen LogP contribution in [0.4, 0.5) is 0 Å². The third-order valence-corrected chi connectivity index (χ3v) is 8.61. The molecule has 6 rings (SSSR count). The quantitative estimate of drug-likeness (QED) is 0.174. The Kier molecular flexibility index (Phi) is 12.7. The fourth-order valence-corrected chi connectivity index (χ4v) is 6.86. The first-order chi connectivity index (χ1) is 21.1. The topological polar surface area (TPSA) is 18.5 Å². The van der Waals surface area contributed by atoms with Crippen LogP contribution in [0.1, 0.15) is 22.3 Å². The summed E-state index contributed by atoms with van der Waals surface area (Å²) in [7, 11) is -3.22. The van der Waals surface area contributed by atoms with Gasteiger partial charge in [-0.25, -0.2) is 0 Å². The van der Waals surface area contributed by atoms with E-state index in [2.05, 4.69) is 162 Å². The first-order valence-corrected chi connectivity index (χ1v) is 22.1. The zero-order valence-electron chi connectivity index (χ0n) is 27.0. The van der Waals surface area contributed by atoms with Crippen molar-refractivity contribution in [2.45, 2.75) is 39.3 Å². The fraction of sp³-hybridized carbons (Fsp3) is 0.150. The van der Waals surface area contributed by atoms with Crippen molar-refractivity contribution < 1.29 is 25.9 Å². The monoisotopic (exact) mass is 666 g/mol. The van der Waals surface area contributed by atoms with E-state index in [9.17, 15) is 0 Å². The molecule has 10 radical (unpaired) electrons. The fourth-order valence-electron chi connectivity index (χ4n) is 5.21. The van der Waals surface area contributed by atoms with Crippen molar-refractivity contribution in [3.05, 3.63) is 205 Å². The first kappa shape index (κ1) is 35.6. The minimum absolute atomic E-state index is 0. The Labute approximate surface area is 285 Å². The van der Waals surface area contributed by atoms with Gasteiger partial charge in [-0.05, 0) is 61.5 Å². The average molecular weight is 667 g/mol. The zero-order chi connectivity index (χ0) is 31.2. The smallest absolute Gasteiger partial charge is 0.409 e. The van der Waals surface area contributed by atoms with Crippen molar-refractivity contribution in [3.8, 4) is 0 Å². The molecule has 4 aromatic rings. The van der Waals surface area contributed by atoms with E-state index >= 15 is 0 Å². The minimum Gasteiger partial charge on any atom is -0.409 e. The molecule has 228 valence electrons. The molecule has 0 atom stereocenters. The van der Waals surface area contributed by atoms with Gasteiger partial charge in [-0.1, -0.05) is 121 Å². The van der Waals surface area contributed by atoms with Crippen LogP contribution in [0.25, 0.3) is 0 Å². The normalized spacial score (nSPS) is 17.6. The molecule has 0 aliphatic heterocycles. The molecule has 4 aromatic carbocycles. The molecule has 0 spiro atoms. The van der Waals surface area contributed by atoms with Crippen LogP contribution in [0, 0.1) is 61.6 Å². The third-order valence-electron chi connectivity index (χ3n) is 6.91. The van der Waals surface area contributed by atoms with Crippen molar-refractivity contribution in [2.75, 3.05) is 0 Å². The average Bonchev–Trinajstić information content (AvgIpc) is 3.62. The number of benzene rings is 4. The van der Waals surface area contributed by atoms with E-state index in [0.29, 0.717) is 0 Å². The molecule has 5 heteroatoms. The van der Waals surface area contributed by atoms with Gasteiger partial charge in [0.05, 0.1) is 12.2 Å². The molecule has 0 bridgehead atoms. The van der Waals surface area contributed by atoms with Crippen molar-refractivity contribution >= 4 is 16.6 Å². The molecular weight excluding hydrogens is 624 g/mol.